The molecule has 1 aliphatic heterocycles. The molecule has 2 heterocycles. The highest BCUT2D eigenvalue weighted by molar-refractivity contribution is 6.04. The molecule has 10 nitrogen and oxygen atoms in total. The zero-order valence-corrected chi connectivity index (χ0v) is 14.4. The Morgan fingerprint density at radius 3 is 2.89 bits per heavy atom. The minimum Gasteiger partial charge on any atom is -0.492 e. The predicted octanol–water partition coefficient (Wildman–Crippen LogP) is 1.75. The molecule has 1 aromatic heterocycles. The number of carbonyl (C=O) groups is 2. The van der Waals surface area contributed by atoms with E-state index in [-0.39, 0.29) is 24.7 Å². The van der Waals surface area contributed by atoms with Crippen LogP contribution < -0.4 is 19.7 Å². The van der Waals surface area contributed by atoms with Crippen molar-refractivity contribution in [2.75, 3.05) is 30.0 Å². The summed E-state index contributed by atoms with van der Waals surface area (Å²) in [6.07, 6.45) is 0. The molecule has 0 aliphatic carbocycles. The second-order valence-electron chi connectivity index (χ2n) is 5.49. The van der Waals surface area contributed by atoms with E-state index >= 15 is 0 Å². The summed E-state index contributed by atoms with van der Waals surface area (Å²) in [5.41, 5.74) is 0.456. The van der Waals surface area contributed by atoms with Crippen LogP contribution in [0.25, 0.3) is 0 Å². The molecule has 0 fully saturated rings. The van der Waals surface area contributed by atoms with Gasteiger partial charge in [-0.15, -0.1) is 0 Å². The van der Waals surface area contributed by atoms with Crippen LogP contribution in [0, 0.1) is 10.1 Å². The van der Waals surface area contributed by atoms with Crippen molar-refractivity contribution in [1.82, 2.24) is 4.98 Å². The summed E-state index contributed by atoms with van der Waals surface area (Å²) < 4.78 is 10.7. The molecule has 10 heteroatoms. The average Bonchev–Trinajstić information content (AvgIpc) is 2.65. The van der Waals surface area contributed by atoms with Crippen LogP contribution in [0.15, 0.2) is 36.4 Å². The van der Waals surface area contributed by atoms with E-state index in [1.54, 1.807) is 24.3 Å². The first-order valence-corrected chi connectivity index (χ1v) is 8.10. The van der Waals surface area contributed by atoms with Crippen LogP contribution in [0.4, 0.5) is 17.3 Å². The van der Waals surface area contributed by atoms with E-state index < -0.39 is 22.6 Å². The molecular formula is C17H16N4O6. The maximum Gasteiger partial charge on any atom is 0.366 e. The summed E-state index contributed by atoms with van der Waals surface area (Å²) in [7, 11) is 0. The van der Waals surface area contributed by atoms with E-state index in [0.717, 1.165) is 4.90 Å². The minimum atomic E-state index is -0.685. The Labute approximate surface area is 153 Å². The number of pyridine rings is 1. The van der Waals surface area contributed by atoms with Gasteiger partial charge in [-0.3, -0.25) is 14.5 Å². The van der Waals surface area contributed by atoms with Crippen molar-refractivity contribution in [3.8, 4) is 11.5 Å². The molecule has 27 heavy (non-hydrogen) atoms. The number of carbonyl (C=O) groups excluding carboxylic acids is 2. The van der Waals surface area contributed by atoms with Gasteiger partial charge in [0.15, 0.2) is 12.4 Å². The Morgan fingerprint density at radius 2 is 2.15 bits per heavy atom. The largest absolute Gasteiger partial charge is 0.492 e. The number of nitro groups is 1. The molecule has 0 saturated carbocycles. The van der Waals surface area contributed by atoms with Crippen LogP contribution in [0.3, 0.4) is 0 Å². The number of amides is 2. The Morgan fingerprint density at radius 1 is 1.37 bits per heavy atom. The van der Waals surface area contributed by atoms with Gasteiger partial charge in [-0.1, -0.05) is 12.1 Å². The third kappa shape index (κ3) is 3.94. The van der Waals surface area contributed by atoms with Gasteiger partial charge in [0.2, 0.25) is 5.91 Å². The monoisotopic (exact) mass is 372 g/mol. The zero-order valence-electron chi connectivity index (χ0n) is 14.4. The van der Waals surface area contributed by atoms with Crippen LogP contribution in [-0.4, -0.2) is 41.5 Å². The number of rotatable bonds is 6. The number of para-hydroxylation sites is 2. The number of anilines is 2. The summed E-state index contributed by atoms with van der Waals surface area (Å²) in [6, 6.07) is 9.40. The molecule has 0 saturated heterocycles. The molecule has 2 aromatic rings. The average molecular weight is 372 g/mol. The number of ether oxygens (including phenoxy) is 2. The van der Waals surface area contributed by atoms with Crippen LogP contribution in [0.5, 0.6) is 11.5 Å². The lowest BCUT2D eigenvalue weighted by Gasteiger charge is -2.24. The fraction of sp³-hybridized carbons (Fsp3) is 0.235. The van der Waals surface area contributed by atoms with Crippen LogP contribution in [0.2, 0.25) is 0 Å². The smallest absolute Gasteiger partial charge is 0.366 e. The summed E-state index contributed by atoms with van der Waals surface area (Å²) in [6.45, 7) is 1.59. The molecule has 2 amide bonds. The molecule has 3 rings (SSSR count). The molecule has 0 spiro atoms. The highest BCUT2D eigenvalue weighted by Gasteiger charge is 2.33. The lowest BCUT2D eigenvalue weighted by molar-refractivity contribution is -0.389. The molecule has 0 radical (unpaired) electrons. The van der Waals surface area contributed by atoms with Crippen molar-refractivity contribution in [3.05, 3.63) is 46.5 Å². The number of nitrogens with zero attached hydrogens (tertiary/aromatic N) is 3. The van der Waals surface area contributed by atoms with E-state index in [2.05, 4.69) is 10.3 Å². The van der Waals surface area contributed by atoms with E-state index in [0.29, 0.717) is 18.0 Å². The van der Waals surface area contributed by atoms with Crippen LogP contribution in [-0.2, 0) is 9.59 Å². The lowest BCUT2D eigenvalue weighted by atomic mass is 10.2. The number of benzene rings is 1. The van der Waals surface area contributed by atoms with Crippen molar-refractivity contribution in [2.45, 2.75) is 6.92 Å². The van der Waals surface area contributed by atoms with Gasteiger partial charge in [-0.2, -0.15) is 0 Å². The first kappa shape index (κ1) is 18.1. The van der Waals surface area contributed by atoms with Gasteiger partial charge in [-0.05, 0) is 35.0 Å². The summed E-state index contributed by atoms with van der Waals surface area (Å²) in [4.78, 5) is 39.8. The molecular weight excluding hydrogens is 356 g/mol. The van der Waals surface area contributed by atoms with Crippen molar-refractivity contribution in [1.29, 1.82) is 0 Å². The molecule has 140 valence electrons. The Bertz CT molecular complexity index is 901. The van der Waals surface area contributed by atoms with Crippen molar-refractivity contribution in [3.63, 3.8) is 0 Å². The zero-order chi connectivity index (χ0) is 19.4. The van der Waals surface area contributed by atoms with Crippen molar-refractivity contribution >= 4 is 29.1 Å². The van der Waals surface area contributed by atoms with Gasteiger partial charge in [-0.25, -0.2) is 0 Å². The quantitative estimate of drug-likeness (QED) is 0.605. The summed E-state index contributed by atoms with van der Waals surface area (Å²) in [5.74, 6) is -0.841. The van der Waals surface area contributed by atoms with Gasteiger partial charge in [0, 0.05) is 6.07 Å². The first-order valence-electron chi connectivity index (χ1n) is 8.10. The number of aromatic nitrogens is 1. The maximum atomic E-state index is 12.4. The summed E-state index contributed by atoms with van der Waals surface area (Å²) in [5, 5.41) is 13.6. The highest BCUT2D eigenvalue weighted by Crippen LogP contribution is 2.32. The molecule has 1 N–H and O–H groups in total. The molecule has 0 unspecified atom stereocenters. The fourth-order valence-corrected chi connectivity index (χ4v) is 2.52. The van der Waals surface area contributed by atoms with Gasteiger partial charge in [0.25, 0.3) is 11.7 Å². The lowest BCUT2D eigenvalue weighted by Crippen LogP contribution is -2.44. The Balaban J connectivity index is 1.81. The maximum absolute atomic E-state index is 12.4. The van der Waals surface area contributed by atoms with Crippen molar-refractivity contribution < 1.29 is 24.0 Å². The third-order valence-corrected chi connectivity index (χ3v) is 3.68. The van der Waals surface area contributed by atoms with Crippen molar-refractivity contribution in [2.24, 2.45) is 0 Å². The summed E-state index contributed by atoms with van der Waals surface area (Å²) >= 11 is 0. The van der Waals surface area contributed by atoms with E-state index in [9.17, 15) is 19.7 Å². The van der Waals surface area contributed by atoms with Gasteiger partial charge < -0.3 is 24.9 Å². The molecule has 1 aliphatic rings. The molecule has 0 bridgehead atoms. The van der Waals surface area contributed by atoms with E-state index in [1.165, 1.54) is 12.1 Å². The number of hydrogen-bond donors (Lipinski definition) is 1. The number of hydrogen-bond acceptors (Lipinski definition) is 7. The normalized spacial score (nSPS) is 12.8. The highest BCUT2D eigenvalue weighted by atomic mass is 16.6. The topological polar surface area (TPSA) is 124 Å². The molecule has 1 aromatic carbocycles. The SMILES string of the molecule is CCOc1ccccc1NC(=O)CN1C(=O)COc2ccc([N+](=O)[O-])nc21. The van der Waals surface area contributed by atoms with Gasteiger partial charge in [0.05, 0.1) is 12.3 Å². The van der Waals surface area contributed by atoms with Gasteiger partial charge >= 0.3 is 5.82 Å². The van der Waals surface area contributed by atoms with Gasteiger partial charge in [0.1, 0.15) is 12.3 Å². The third-order valence-electron chi connectivity index (χ3n) is 3.68. The standard InChI is InChI=1S/C17H16N4O6/c1-2-26-12-6-4-3-5-11(12)18-15(22)9-20-16(23)10-27-13-7-8-14(21(24)25)19-17(13)20/h3-8H,2,9-10H2,1H3,(H,18,22). The first-order chi connectivity index (χ1) is 13.0. The molecule has 0 atom stereocenters. The number of nitrogens with one attached hydrogen (secondary N) is 1. The van der Waals surface area contributed by atoms with Crippen LogP contribution in [0.1, 0.15) is 6.92 Å². The second kappa shape index (κ2) is 7.68. The van der Waals surface area contributed by atoms with E-state index in [4.69, 9.17) is 9.47 Å². The predicted molar refractivity (Wildman–Crippen MR) is 95.0 cm³/mol. The Kier molecular flexibility index (Phi) is 5.15. The fourth-order valence-electron chi connectivity index (χ4n) is 2.52. The number of fused-ring (bicyclic) bond motifs is 1. The minimum absolute atomic E-state index is 0.0614. The van der Waals surface area contributed by atoms with E-state index in [1.807, 2.05) is 6.92 Å². The second-order valence-corrected chi connectivity index (χ2v) is 5.49. The Hall–Kier alpha value is -3.69. The van der Waals surface area contributed by atoms with Crippen LogP contribution >= 0.6 is 0 Å².